The molecule has 0 spiro atoms. The van der Waals surface area contributed by atoms with Crippen LogP contribution in [0.3, 0.4) is 0 Å². The molecule has 0 heterocycles. The van der Waals surface area contributed by atoms with Gasteiger partial charge in [0, 0.05) is 6.61 Å². The predicted octanol–water partition coefficient (Wildman–Crippen LogP) is 1.99. The molecular formula is C7H14O. The largest absolute Gasteiger partial charge is 0.377 e. The second-order valence-corrected chi connectivity index (χ2v) is 1.64. The van der Waals surface area contributed by atoms with Crippen LogP contribution in [-0.2, 0) is 4.74 Å². The van der Waals surface area contributed by atoms with Crippen LogP contribution in [0.15, 0.2) is 12.2 Å². The van der Waals surface area contributed by atoms with Gasteiger partial charge in [-0.25, -0.2) is 0 Å². The van der Waals surface area contributed by atoms with Crippen molar-refractivity contribution >= 4 is 0 Å². The van der Waals surface area contributed by atoms with E-state index in [9.17, 15) is 0 Å². The summed E-state index contributed by atoms with van der Waals surface area (Å²) in [5.74, 6) is 0. The van der Waals surface area contributed by atoms with E-state index in [-0.39, 0.29) is 0 Å². The molecule has 0 aromatic carbocycles. The first-order chi connectivity index (χ1) is 3.91. The van der Waals surface area contributed by atoms with Crippen LogP contribution in [0.5, 0.6) is 0 Å². The smallest absolute Gasteiger partial charge is 0.0647 e. The van der Waals surface area contributed by atoms with Gasteiger partial charge in [-0.15, -0.1) is 0 Å². The average molecular weight is 114 g/mol. The zero-order chi connectivity index (χ0) is 6.24. The Morgan fingerprint density at radius 3 is 2.75 bits per heavy atom. The quantitative estimate of drug-likeness (QED) is 0.401. The van der Waals surface area contributed by atoms with Crippen LogP contribution in [0.2, 0.25) is 0 Å². The molecule has 0 atom stereocenters. The summed E-state index contributed by atoms with van der Waals surface area (Å²) >= 11 is 0. The van der Waals surface area contributed by atoms with Gasteiger partial charge in [-0.05, 0) is 13.3 Å². The van der Waals surface area contributed by atoms with E-state index in [1.165, 1.54) is 0 Å². The van der Waals surface area contributed by atoms with Gasteiger partial charge in [0.25, 0.3) is 0 Å². The first-order valence-corrected chi connectivity index (χ1v) is 3.10. The third kappa shape index (κ3) is 5.70. The summed E-state index contributed by atoms with van der Waals surface area (Å²) in [5.41, 5.74) is 0. The van der Waals surface area contributed by atoms with Crippen molar-refractivity contribution in [2.45, 2.75) is 20.3 Å². The number of ether oxygens (including phenoxy) is 1. The predicted molar refractivity (Wildman–Crippen MR) is 35.9 cm³/mol. The molecule has 0 saturated heterocycles. The fraction of sp³-hybridized carbons (Fsp3) is 0.714. The zero-order valence-electron chi connectivity index (χ0n) is 5.68. The lowest BCUT2D eigenvalue weighted by Gasteiger charge is -1.93. The molecule has 0 aliphatic rings. The maximum Gasteiger partial charge on any atom is 0.0647 e. The van der Waals surface area contributed by atoms with Crippen LogP contribution < -0.4 is 0 Å². The summed E-state index contributed by atoms with van der Waals surface area (Å²) in [7, 11) is 0. The standard InChI is InChI=1S/C7H14O/c1-3-5-7-8-6-4-2/h3,5H,4,6-7H2,1-2H3. The van der Waals surface area contributed by atoms with Gasteiger partial charge in [-0.2, -0.15) is 0 Å². The Balaban J connectivity index is 2.72. The van der Waals surface area contributed by atoms with Gasteiger partial charge >= 0.3 is 0 Å². The highest BCUT2D eigenvalue weighted by atomic mass is 16.5. The topological polar surface area (TPSA) is 9.23 Å². The van der Waals surface area contributed by atoms with Crippen LogP contribution >= 0.6 is 0 Å². The number of allylic oxidation sites excluding steroid dienone is 1. The van der Waals surface area contributed by atoms with Crippen molar-refractivity contribution < 1.29 is 4.74 Å². The lowest BCUT2D eigenvalue weighted by Crippen LogP contribution is -1.90. The molecule has 0 radical (unpaired) electrons. The fourth-order valence-electron chi connectivity index (χ4n) is 0.392. The summed E-state index contributed by atoms with van der Waals surface area (Å²) in [4.78, 5) is 0. The molecule has 0 bridgehead atoms. The lowest BCUT2D eigenvalue weighted by molar-refractivity contribution is 0.163. The Kier molecular flexibility index (Phi) is 6.45. The lowest BCUT2D eigenvalue weighted by atomic mass is 10.5. The van der Waals surface area contributed by atoms with Crippen molar-refractivity contribution in [1.29, 1.82) is 0 Å². The molecule has 0 unspecified atom stereocenters. The SMILES string of the molecule is CC=CCOCCC. The van der Waals surface area contributed by atoms with Crippen LogP contribution in [0.4, 0.5) is 0 Å². The summed E-state index contributed by atoms with van der Waals surface area (Å²) in [5, 5.41) is 0. The van der Waals surface area contributed by atoms with E-state index in [4.69, 9.17) is 4.74 Å². The first-order valence-electron chi connectivity index (χ1n) is 3.10. The van der Waals surface area contributed by atoms with E-state index in [0.29, 0.717) is 0 Å². The van der Waals surface area contributed by atoms with E-state index in [1.807, 2.05) is 19.1 Å². The van der Waals surface area contributed by atoms with Gasteiger partial charge < -0.3 is 4.74 Å². The zero-order valence-corrected chi connectivity index (χ0v) is 5.68. The third-order valence-corrected chi connectivity index (χ3v) is 0.798. The van der Waals surface area contributed by atoms with Crippen molar-refractivity contribution in [1.82, 2.24) is 0 Å². The Morgan fingerprint density at radius 1 is 1.50 bits per heavy atom. The fourth-order valence-corrected chi connectivity index (χ4v) is 0.392. The minimum absolute atomic E-state index is 0.768. The summed E-state index contributed by atoms with van der Waals surface area (Å²) in [6.07, 6.45) is 5.11. The van der Waals surface area contributed by atoms with E-state index in [0.717, 1.165) is 19.6 Å². The molecular weight excluding hydrogens is 100 g/mol. The molecule has 0 N–H and O–H groups in total. The van der Waals surface area contributed by atoms with Crippen LogP contribution in [0.25, 0.3) is 0 Å². The van der Waals surface area contributed by atoms with E-state index in [2.05, 4.69) is 6.92 Å². The molecule has 1 nitrogen and oxygen atoms in total. The second kappa shape index (κ2) is 6.70. The Morgan fingerprint density at radius 2 is 2.25 bits per heavy atom. The normalized spacial score (nSPS) is 10.8. The van der Waals surface area contributed by atoms with Crippen LogP contribution in [-0.4, -0.2) is 13.2 Å². The number of hydrogen-bond donors (Lipinski definition) is 0. The van der Waals surface area contributed by atoms with Gasteiger partial charge in [-0.3, -0.25) is 0 Å². The first kappa shape index (κ1) is 7.70. The molecule has 0 aromatic heterocycles. The van der Waals surface area contributed by atoms with Crippen molar-refractivity contribution in [2.75, 3.05) is 13.2 Å². The maximum atomic E-state index is 5.14. The number of hydrogen-bond acceptors (Lipinski definition) is 1. The van der Waals surface area contributed by atoms with Crippen molar-refractivity contribution in [3.63, 3.8) is 0 Å². The van der Waals surface area contributed by atoms with E-state index < -0.39 is 0 Å². The summed E-state index contributed by atoms with van der Waals surface area (Å²) < 4.78 is 5.14. The molecule has 0 aromatic rings. The van der Waals surface area contributed by atoms with Gasteiger partial charge in [0.15, 0.2) is 0 Å². The molecule has 0 fully saturated rings. The van der Waals surface area contributed by atoms with Crippen molar-refractivity contribution in [3.05, 3.63) is 12.2 Å². The van der Waals surface area contributed by atoms with Crippen molar-refractivity contribution in [2.24, 2.45) is 0 Å². The van der Waals surface area contributed by atoms with Gasteiger partial charge in [0.2, 0.25) is 0 Å². The molecule has 1 heteroatoms. The maximum absolute atomic E-state index is 5.14. The average Bonchev–Trinajstić information content (AvgIpc) is 1.81. The molecule has 0 aliphatic heterocycles. The van der Waals surface area contributed by atoms with Gasteiger partial charge in [0.05, 0.1) is 6.61 Å². The Labute approximate surface area is 51.4 Å². The minimum atomic E-state index is 0.768. The molecule has 48 valence electrons. The van der Waals surface area contributed by atoms with Crippen LogP contribution in [0, 0.1) is 0 Å². The number of rotatable bonds is 4. The monoisotopic (exact) mass is 114 g/mol. The second-order valence-electron chi connectivity index (χ2n) is 1.64. The molecule has 0 aliphatic carbocycles. The molecule has 0 amide bonds. The van der Waals surface area contributed by atoms with E-state index >= 15 is 0 Å². The highest BCUT2D eigenvalue weighted by Crippen LogP contribution is 1.80. The van der Waals surface area contributed by atoms with Gasteiger partial charge in [0.1, 0.15) is 0 Å². The minimum Gasteiger partial charge on any atom is -0.377 e. The summed E-state index contributed by atoms with van der Waals surface area (Å²) in [6, 6.07) is 0. The molecule has 0 saturated carbocycles. The molecule has 8 heavy (non-hydrogen) atoms. The Hall–Kier alpha value is -0.300. The highest BCUT2D eigenvalue weighted by Gasteiger charge is 1.76. The highest BCUT2D eigenvalue weighted by molar-refractivity contribution is 4.75. The third-order valence-electron chi connectivity index (χ3n) is 0.798. The van der Waals surface area contributed by atoms with E-state index in [1.54, 1.807) is 0 Å². The van der Waals surface area contributed by atoms with Gasteiger partial charge in [-0.1, -0.05) is 19.1 Å². The van der Waals surface area contributed by atoms with Crippen molar-refractivity contribution in [3.8, 4) is 0 Å². The van der Waals surface area contributed by atoms with Crippen LogP contribution in [0.1, 0.15) is 20.3 Å². The molecule has 0 rings (SSSR count). The Bertz CT molecular complexity index is 57.4. The summed E-state index contributed by atoms with van der Waals surface area (Å²) in [6.45, 7) is 5.75.